The van der Waals surface area contributed by atoms with E-state index in [1.165, 1.54) is 32.6 Å². The van der Waals surface area contributed by atoms with Crippen molar-refractivity contribution in [2.24, 2.45) is 5.41 Å². The molecule has 1 rings (SSSR count). The van der Waals surface area contributed by atoms with Gasteiger partial charge in [-0.2, -0.15) is 0 Å². The Morgan fingerprint density at radius 2 is 1.89 bits per heavy atom. The van der Waals surface area contributed by atoms with Crippen LogP contribution in [0.5, 0.6) is 0 Å². The minimum Gasteiger partial charge on any atom is -0.330 e. The molecule has 1 unspecified atom stereocenters. The van der Waals surface area contributed by atoms with Crippen molar-refractivity contribution in [1.29, 1.82) is 0 Å². The summed E-state index contributed by atoms with van der Waals surface area (Å²) >= 11 is 0. The summed E-state index contributed by atoms with van der Waals surface area (Å²) in [5.74, 6) is 0. The molecule has 1 fully saturated rings. The summed E-state index contributed by atoms with van der Waals surface area (Å²) in [6.45, 7) is 14.2. The molecule has 0 amide bonds. The molecule has 1 aliphatic rings. The van der Waals surface area contributed by atoms with E-state index in [0.29, 0.717) is 17.5 Å². The molecule has 108 valence electrons. The van der Waals surface area contributed by atoms with Crippen LogP contribution in [0.15, 0.2) is 0 Å². The van der Waals surface area contributed by atoms with Crippen LogP contribution in [-0.4, -0.2) is 68.8 Å². The first-order valence-electron chi connectivity index (χ1n) is 7.40. The SMILES string of the molecule is CC(C)N(CC[N+](C)(C)C)CC1NCCC1(C)C. The minimum absolute atomic E-state index is 0.448. The van der Waals surface area contributed by atoms with Gasteiger partial charge in [-0.15, -0.1) is 0 Å². The van der Waals surface area contributed by atoms with Gasteiger partial charge >= 0.3 is 0 Å². The van der Waals surface area contributed by atoms with Crippen LogP contribution < -0.4 is 5.32 Å². The van der Waals surface area contributed by atoms with Gasteiger partial charge in [-0.3, -0.25) is 4.90 Å². The van der Waals surface area contributed by atoms with Crippen molar-refractivity contribution in [2.75, 3.05) is 47.3 Å². The first-order valence-corrected chi connectivity index (χ1v) is 7.40. The lowest BCUT2D eigenvalue weighted by atomic mass is 9.84. The average Bonchev–Trinajstić information content (AvgIpc) is 2.50. The highest BCUT2D eigenvalue weighted by Gasteiger charge is 2.35. The van der Waals surface area contributed by atoms with E-state index in [0.717, 1.165) is 4.48 Å². The molecule has 0 aromatic heterocycles. The number of hydrogen-bond donors (Lipinski definition) is 1. The molecule has 0 bridgehead atoms. The first-order chi connectivity index (χ1) is 8.12. The Morgan fingerprint density at radius 3 is 2.28 bits per heavy atom. The largest absolute Gasteiger partial charge is 0.330 e. The second kappa shape index (κ2) is 5.89. The molecule has 0 radical (unpaired) electrons. The second-order valence-electron chi connectivity index (χ2n) is 7.85. The Balaban J connectivity index is 2.53. The summed E-state index contributed by atoms with van der Waals surface area (Å²) in [6, 6.07) is 1.28. The van der Waals surface area contributed by atoms with Crippen LogP contribution in [-0.2, 0) is 0 Å². The Morgan fingerprint density at radius 1 is 1.28 bits per heavy atom. The summed E-state index contributed by atoms with van der Waals surface area (Å²) < 4.78 is 1.05. The highest BCUT2D eigenvalue weighted by Crippen LogP contribution is 2.30. The van der Waals surface area contributed by atoms with Gasteiger partial charge in [-0.25, -0.2) is 0 Å². The fourth-order valence-corrected chi connectivity index (χ4v) is 2.55. The predicted octanol–water partition coefficient (Wildman–Crippen LogP) is 1.79. The van der Waals surface area contributed by atoms with Crippen LogP contribution in [0.25, 0.3) is 0 Å². The minimum atomic E-state index is 0.448. The third-order valence-electron chi connectivity index (χ3n) is 4.31. The van der Waals surface area contributed by atoms with Gasteiger partial charge in [0.15, 0.2) is 0 Å². The lowest BCUT2D eigenvalue weighted by Crippen LogP contribution is -2.50. The Kier molecular flexibility index (Phi) is 5.22. The van der Waals surface area contributed by atoms with Gasteiger partial charge in [-0.1, -0.05) is 13.8 Å². The third kappa shape index (κ3) is 4.87. The molecule has 1 N–H and O–H groups in total. The fraction of sp³-hybridized carbons (Fsp3) is 1.00. The molecule has 0 aromatic rings. The molecule has 0 saturated carbocycles. The maximum absolute atomic E-state index is 3.68. The van der Waals surface area contributed by atoms with Crippen molar-refractivity contribution in [1.82, 2.24) is 10.2 Å². The first kappa shape index (κ1) is 15.9. The summed E-state index contributed by atoms with van der Waals surface area (Å²) in [7, 11) is 6.82. The number of likely N-dealkylation sites (N-methyl/N-ethyl adjacent to an activating group) is 1. The normalized spacial score (nSPS) is 24.2. The number of nitrogens with one attached hydrogen (secondary N) is 1. The van der Waals surface area contributed by atoms with Crippen molar-refractivity contribution in [3.63, 3.8) is 0 Å². The number of quaternary nitrogens is 1. The van der Waals surface area contributed by atoms with Crippen molar-refractivity contribution in [2.45, 2.75) is 46.2 Å². The van der Waals surface area contributed by atoms with Crippen LogP contribution in [0.2, 0.25) is 0 Å². The molecule has 3 heteroatoms. The van der Waals surface area contributed by atoms with Gasteiger partial charge in [0, 0.05) is 25.2 Å². The van der Waals surface area contributed by atoms with E-state index in [9.17, 15) is 0 Å². The zero-order valence-corrected chi connectivity index (χ0v) is 13.6. The second-order valence-corrected chi connectivity index (χ2v) is 7.85. The summed E-state index contributed by atoms with van der Waals surface area (Å²) in [5.41, 5.74) is 0.448. The van der Waals surface area contributed by atoms with E-state index in [1.54, 1.807) is 0 Å². The molecule has 1 saturated heterocycles. The molecular weight excluding hydrogens is 222 g/mol. The Bertz CT molecular complexity index is 253. The van der Waals surface area contributed by atoms with E-state index < -0.39 is 0 Å². The standard InChI is InChI=1S/C15H34N3/c1-13(2)17(10-11-18(5,6)7)12-14-15(3,4)8-9-16-14/h13-14,16H,8-12H2,1-7H3/q+1. The fourth-order valence-electron chi connectivity index (χ4n) is 2.55. The van der Waals surface area contributed by atoms with Crippen molar-refractivity contribution >= 4 is 0 Å². The molecular formula is C15H34N3+. The number of nitrogens with zero attached hydrogens (tertiary/aromatic N) is 2. The quantitative estimate of drug-likeness (QED) is 0.729. The van der Waals surface area contributed by atoms with Gasteiger partial charge in [0.05, 0.1) is 27.7 Å². The topological polar surface area (TPSA) is 15.3 Å². The predicted molar refractivity (Wildman–Crippen MR) is 79.8 cm³/mol. The zero-order valence-electron chi connectivity index (χ0n) is 13.6. The maximum Gasteiger partial charge on any atom is 0.0909 e. The van der Waals surface area contributed by atoms with Gasteiger partial charge in [0.2, 0.25) is 0 Å². The molecule has 1 aliphatic heterocycles. The molecule has 1 heterocycles. The molecule has 0 aliphatic carbocycles. The maximum atomic E-state index is 3.68. The van der Waals surface area contributed by atoms with E-state index >= 15 is 0 Å². The van der Waals surface area contributed by atoms with Crippen LogP contribution in [0.1, 0.15) is 34.1 Å². The van der Waals surface area contributed by atoms with Crippen molar-refractivity contribution in [3.8, 4) is 0 Å². The summed E-state index contributed by atoms with van der Waals surface area (Å²) in [5, 5.41) is 3.68. The number of hydrogen-bond acceptors (Lipinski definition) is 2. The summed E-state index contributed by atoms with van der Waals surface area (Å²) in [4.78, 5) is 2.63. The average molecular weight is 256 g/mol. The summed E-state index contributed by atoms with van der Waals surface area (Å²) in [6.07, 6.45) is 1.30. The van der Waals surface area contributed by atoms with E-state index in [2.05, 4.69) is 59.1 Å². The van der Waals surface area contributed by atoms with E-state index in [1.807, 2.05) is 0 Å². The van der Waals surface area contributed by atoms with Crippen LogP contribution in [0, 0.1) is 5.41 Å². The van der Waals surface area contributed by atoms with Crippen molar-refractivity contribution in [3.05, 3.63) is 0 Å². The van der Waals surface area contributed by atoms with Crippen LogP contribution in [0.3, 0.4) is 0 Å². The Hall–Kier alpha value is -0.120. The molecule has 0 spiro atoms. The van der Waals surface area contributed by atoms with Gasteiger partial charge in [0.25, 0.3) is 0 Å². The van der Waals surface area contributed by atoms with E-state index in [-0.39, 0.29) is 0 Å². The molecule has 1 atom stereocenters. The lowest BCUT2D eigenvalue weighted by molar-refractivity contribution is -0.869. The van der Waals surface area contributed by atoms with Crippen molar-refractivity contribution < 1.29 is 4.48 Å². The monoisotopic (exact) mass is 256 g/mol. The van der Waals surface area contributed by atoms with Gasteiger partial charge in [0.1, 0.15) is 0 Å². The third-order valence-corrected chi connectivity index (χ3v) is 4.31. The van der Waals surface area contributed by atoms with Gasteiger partial charge < -0.3 is 9.80 Å². The lowest BCUT2D eigenvalue weighted by Gasteiger charge is -2.36. The Labute approximate surface area is 114 Å². The zero-order chi connectivity index (χ0) is 14.0. The highest BCUT2D eigenvalue weighted by atomic mass is 15.3. The number of rotatable bonds is 6. The molecule has 3 nitrogen and oxygen atoms in total. The van der Waals surface area contributed by atoms with E-state index in [4.69, 9.17) is 0 Å². The van der Waals surface area contributed by atoms with Gasteiger partial charge in [-0.05, 0) is 32.2 Å². The highest BCUT2D eigenvalue weighted by molar-refractivity contribution is 4.93. The van der Waals surface area contributed by atoms with Crippen LogP contribution >= 0.6 is 0 Å². The molecule has 0 aromatic carbocycles. The van der Waals surface area contributed by atoms with Crippen LogP contribution in [0.4, 0.5) is 0 Å². The smallest absolute Gasteiger partial charge is 0.0909 e. The molecule has 18 heavy (non-hydrogen) atoms.